The van der Waals surface area contributed by atoms with Crippen LogP contribution in [0.4, 0.5) is 0 Å². The van der Waals surface area contributed by atoms with Gasteiger partial charge in [0.1, 0.15) is 0 Å². The molecule has 1 aromatic rings. The smallest absolute Gasteiger partial charge is 0.289 e. The molecule has 1 heterocycles. The number of carbonyl (C=O) groups is 2. The Hall–Kier alpha value is -1.85. The molecule has 0 unspecified atom stereocenters. The zero-order valence-electron chi connectivity index (χ0n) is 14.4. The minimum Gasteiger partial charge on any atom is -0.438 e. The molecule has 0 aliphatic heterocycles. The molecule has 1 atom stereocenters. The maximum Gasteiger partial charge on any atom is 0.289 e. The van der Waals surface area contributed by atoms with Gasteiger partial charge in [-0.25, -0.2) is 4.98 Å². The average molecular weight is 321 g/mol. The molecule has 0 aromatic carbocycles. The zero-order valence-corrected chi connectivity index (χ0v) is 14.4. The fraction of sp³-hybridized carbons (Fsp3) is 0.706. The SMILES string of the molecule is Cc1ncoc1C(=O)NC1CCC(C(=O)N[C@@H](C)C(C)C)CC1. The van der Waals surface area contributed by atoms with Crippen LogP contribution >= 0.6 is 0 Å². The molecule has 0 radical (unpaired) electrons. The van der Waals surface area contributed by atoms with Gasteiger partial charge in [0.05, 0.1) is 5.69 Å². The maximum absolute atomic E-state index is 12.3. The number of aromatic nitrogens is 1. The summed E-state index contributed by atoms with van der Waals surface area (Å²) in [6.07, 6.45) is 4.51. The van der Waals surface area contributed by atoms with Crippen LogP contribution < -0.4 is 10.6 Å². The van der Waals surface area contributed by atoms with E-state index < -0.39 is 0 Å². The normalized spacial score (nSPS) is 22.7. The summed E-state index contributed by atoms with van der Waals surface area (Å²) in [5, 5.41) is 6.06. The third kappa shape index (κ3) is 4.56. The lowest BCUT2D eigenvalue weighted by molar-refractivity contribution is -0.126. The largest absolute Gasteiger partial charge is 0.438 e. The van der Waals surface area contributed by atoms with Crippen LogP contribution in [-0.2, 0) is 4.79 Å². The van der Waals surface area contributed by atoms with Crippen molar-refractivity contribution in [3.8, 4) is 0 Å². The fourth-order valence-electron chi connectivity index (χ4n) is 2.78. The second-order valence-corrected chi connectivity index (χ2v) is 6.83. The minimum atomic E-state index is -0.221. The topological polar surface area (TPSA) is 84.2 Å². The minimum absolute atomic E-state index is 0.0522. The van der Waals surface area contributed by atoms with Gasteiger partial charge in [0.2, 0.25) is 11.7 Å². The molecule has 6 heteroatoms. The highest BCUT2D eigenvalue weighted by atomic mass is 16.3. The Morgan fingerprint density at radius 3 is 2.39 bits per heavy atom. The van der Waals surface area contributed by atoms with Crippen molar-refractivity contribution in [3.63, 3.8) is 0 Å². The van der Waals surface area contributed by atoms with Crippen molar-refractivity contribution in [1.29, 1.82) is 0 Å². The van der Waals surface area contributed by atoms with Gasteiger partial charge in [0, 0.05) is 18.0 Å². The summed E-state index contributed by atoms with van der Waals surface area (Å²) in [5.74, 6) is 0.676. The van der Waals surface area contributed by atoms with Gasteiger partial charge in [-0.3, -0.25) is 9.59 Å². The zero-order chi connectivity index (χ0) is 17.0. The van der Waals surface area contributed by atoms with Crippen molar-refractivity contribution in [2.45, 2.75) is 65.5 Å². The molecule has 0 saturated heterocycles. The molecule has 2 N–H and O–H groups in total. The first-order valence-electron chi connectivity index (χ1n) is 8.39. The Labute approximate surface area is 137 Å². The van der Waals surface area contributed by atoms with E-state index in [1.807, 2.05) is 6.92 Å². The first kappa shape index (κ1) is 17.5. The van der Waals surface area contributed by atoms with E-state index in [-0.39, 0.29) is 35.6 Å². The first-order valence-corrected chi connectivity index (χ1v) is 8.39. The molecule has 1 saturated carbocycles. The van der Waals surface area contributed by atoms with Crippen LogP contribution in [-0.4, -0.2) is 28.9 Å². The van der Waals surface area contributed by atoms with E-state index in [4.69, 9.17) is 4.42 Å². The third-order valence-corrected chi connectivity index (χ3v) is 4.75. The van der Waals surface area contributed by atoms with E-state index in [0.29, 0.717) is 11.6 Å². The molecule has 2 amide bonds. The van der Waals surface area contributed by atoms with Crippen molar-refractivity contribution in [1.82, 2.24) is 15.6 Å². The van der Waals surface area contributed by atoms with Gasteiger partial charge in [-0.1, -0.05) is 13.8 Å². The Morgan fingerprint density at radius 1 is 1.22 bits per heavy atom. The summed E-state index contributed by atoms with van der Waals surface area (Å²) in [5.41, 5.74) is 0.596. The van der Waals surface area contributed by atoms with Gasteiger partial charge in [0.25, 0.3) is 5.91 Å². The Balaban J connectivity index is 1.79. The van der Waals surface area contributed by atoms with E-state index in [2.05, 4.69) is 29.5 Å². The summed E-state index contributed by atoms with van der Waals surface area (Å²) in [6.45, 7) is 7.98. The highest BCUT2D eigenvalue weighted by Crippen LogP contribution is 2.25. The van der Waals surface area contributed by atoms with Gasteiger partial charge in [-0.05, 0) is 45.4 Å². The molecule has 1 aliphatic carbocycles. The number of rotatable bonds is 5. The van der Waals surface area contributed by atoms with Crippen LogP contribution in [0.25, 0.3) is 0 Å². The number of nitrogens with zero attached hydrogens (tertiary/aromatic N) is 1. The fourth-order valence-corrected chi connectivity index (χ4v) is 2.78. The van der Waals surface area contributed by atoms with Crippen LogP contribution in [0.5, 0.6) is 0 Å². The molecule has 6 nitrogen and oxygen atoms in total. The Morgan fingerprint density at radius 2 is 1.87 bits per heavy atom. The molecule has 1 aliphatic rings. The van der Waals surface area contributed by atoms with Crippen LogP contribution in [0, 0.1) is 18.8 Å². The van der Waals surface area contributed by atoms with Gasteiger partial charge < -0.3 is 15.1 Å². The molecule has 128 valence electrons. The number of hydrogen-bond donors (Lipinski definition) is 2. The van der Waals surface area contributed by atoms with Crippen LogP contribution in [0.15, 0.2) is 10.8 Å². The van der Waals surface area contributed by atoms with Crippen molar-refractivity contribution in [3.05, 3.63) is 17.8 Å². The summed E-state index contributed by atoms with van der Waals surface area (Å²) >= 11 is 0. The highest BCUT2D eigenvalue weighted by Gasteiger charge is 2.29. The lowest BCUT2D eigenvalue weighted by Gasteiger charge is -2.29. The number of oxazole rings is 1. The number of amides is 2. The van der Waals surface area contributed by atoms with E-state index in [9.17, 15) is 9.59 Å². The van der Waals surface area contributed by atoms with Crippen LogP contribution in [0.2, 0.25) is 0 Å². The van der Waals surface area contributed by atoms with Gasteiger partial charge in [0.15, 0.2) is 6.39 Å². The van der Waals surface area contributed by atoms with Crippen molar-refractivity contribution in [2.75, 3.05) is 0 Å². The predicted octanol–water partition coefficient (Wildman–Crippen LogP) is 2.43. The van der Waals surface area contributed by atoms with Crippen LogP contribution in [0.3, 0.4) is 0 Å². The van der Waals surface area contributed by atoms with E-state index in [0.717, 1.165) is 25.7 Å². The summed E-state index contributed by atoms with van der Waals surface area (Å²) < 4.78 is 5.11. The maximum atomic E-state index is 12.3. The van der Waals surface area contributed by atoms with Crippen LogP contribution in [0.1, 0.15) is 62.7 Å². The van der Waals surface area contributed by atoms with E-state index in [1.165, 1.54) is 6.39 Å². The lowest BCUT2D eigenvalue weighted by atomic mass is 9.85. The number of nitrogens with one attached hydrogen (secondary N) is 2. The molecule has 2 rings (SSSR count). The second-order valence-electron chi connectivity index (χ2n) is 6.83. The number of carbonyl (C=O) groups excluding carboxylic acids is 2. The summed E-state index contributed by atoms with van der Waals surface area (Å²) in [6, 6.07) is 0.285. The predicted molar refractivity (Wildman–Crippen MR) is 86.9 cm³/mol. The van der Waals surface area contributed by atoms with Gasteiger partial charge in [-0.15, -0.1) is 0 Å². The van der Waals surface area contributed by atoms with Crippen molar-refractivity contribution < 1.29 is 14.0 Å². The van der Waals surface area contributed by atoms with E-state index in [1.54, 1.807) is 6.92 Å². The monoisotopic (exact) mass is 321 g/mol. The third-order valence-electron chi connectivity index (χ3n) is 4.75. The van der Waals surface area contributed by atoms with Gasteiger partial charge >= 0.3 is 0 Å². The molecule has 23 heavy (non-hydrogen) atoms. The first-order chi connectivity index (χ1) is 10.9. The molecular weight excluding hydrogens is 294 g/mol. The lowest BCUT2D eigenvalue weighted by Crippen LogP contribution is -2.43. The molecule has 1 aromatic heterocycles. The standard InChI is InChI=1S/C17H27N3O3/c1-10(2)11(3)19-16(21)13-5-7-14(8-6-13)20-17(22)15-12(4)18-9-23-15/h9-11,13-14H,5-8H2,1-4H3,(H,19,21)(H,20,22)/t11-,13?,14?/m0/s1. The summed E-state index contributed by atoms with van der Waals surface area (Å²) in [4.78, 5) is 28.3. The van der Waals surface area contributed by atoms with Crippen molar-refractivity contribution in [2.24, 2.45) is 11.8 Å². The summed E-state index contributed by atoms with van der Waals surface area (Å²) in [7, 11) is 0. The second kappa shape index (κ2) is 7.62. The Bertz CT molecular complexity index is 545. The number of hydrogen-bond acceptors (Lipinski definition) is 4. The average Bonchev–Trinajstić information content (AvgIpc) is 2.94. The molecular formula is C17H27N3O3. The van der Waals surface area contributed by atoms with Crippen molar-refractivity contribution >= 4 is 11.8 Å². The molecule has 0 spiro atoms. The van der Waals surface area contributed by atoms with Gasteiger partial charge in [-0.2, -0.15) is 0 Å². The Kier molecular flexibility index (Phi) is 5.80. The molecule has 0 bridgehead atoms. The van der Waals surface area contributed by atoms with E-state index >= 15 is 0 Å². The highest BCUT2D eigenvalue weighted by molar-refractivity contribution is 5.92. The number of aryl methyl sites for hydroxylation is 1. The quantitative estimate of drug-likeness (QED) is 0.872. The molecule has 1 fully saturated rings.